The van der Waals surface area contributed by atoms with Gasteiger partial charge in [-0.25, -0.2) is 4.98 Å². The van der Waals surface area contributed by atoms with E-state index < -0.39 is 0 Å². The average molecular weight is 267 g/mol. The normalized spacial score (nSPS) is 20.0. The number of nitrogens with one attached hydrogen (secondary N) is 2. The van der Waals surface area contributed by atoms with Gasteiger partial charge in [-0.15, -0.1) is 5.10 Å². The number of H-pyrrole nitrogens is 1. The highest BCUT2D eigenvalue weighted by atomic mass is 16.5. The molecule has 1 saturated heterocycles. The maximum Gasteiger partial charge on any atom is 0.293 e. The minimum atomic E-state index is -0.132. The summed E-state index contributed by atoms with van der Waals surface area (Å²) < 4.78 is 5.57. The van der Waals surface area contributed by atoms with Crippen LogP contribution in [0.5, 0.6) is 0 Å². The average Bonchev–Trinajstić information content (AvgIpc) is 2.88. The third-order valence-corrected chi connectivity index (χ3v) is 3.10. The molecule has 7 heteroatoms. The zero-order valence-electron chi connectivity index (χ0n) is 11.6. The van der Waals surface area contributed by atoms with E-state index in [2.05, 4.69) is 20.5 Å². The van der Waals surface area contributed by atoms with Gasteiger partial charge in [-0.1, -0.05) is 13.8 Å². The Bertz CT molecular complexity index is 430. The van der Waals surface area contributed by atoms with E-state index in [1.54, 1.807) is 4.90 Å². The van der Waals surface area contributed by atoms with Gasteiger partial charge in [-0.3, -0.25) is 9.89 Å². The fourth-order valence-electron chi connectivity index (χ4n) is 2.02. The molecule has 2 heterocycles. The molecule has 1 aromatic rings. The predicted octanol–water partition coefficient (Wildman–Crippen LogP) is -0.0115. The van der Waals surface area contributed by atoms with Gasteiger partial charge in [-0.05, 0) is 7.05 Å². The molecule has 1 fully saturated rings. The van der Waals surface area contributed by atoms with Gasteiger partial charge in [0.1, 0.15) is 5.82 Å². The van der Waals surface area contributed by atoms with E-state index in [1.165, 1.54) is 0 Å². The summed E-state index contributed by atoms with van der Waals surface area (Å²) in [6, 6.07) is 0. The number of aromatic amines is 1. The third-order valence-electron chi connectivity index (χ3n) is 3.10. The minimum Gasteiger partial charge on any atom is -0.373 e. The van der Waals surface area contributed by atoms with Crippen LogP contribution >= 0.6 is 0 Å². The summed E-state index contributed by atoms with van der Waals surface area (Å²) >= 11 is 0. The number of carbonyl (C=O) groups excluding carboxylic acids is 1. The fourth-order valence-corrected chi connectivity index (χ4v) is 2.02. The molecule has 0 spiro atoms. The summed E-state index contributed by atoms with van der Waals surface area (Å²) in [5, 5.41) is 9.86. The quantitative estimate of drug-likeness (QED) is 0.801. The van der Waals surface area contributed by atoms with Crippen molar-refractivity contribution in [1.82, 2.24) is 25.4 Å². The lowest BCUT2D eigenvalue weighted by Crippen LogP contribution is -2.48. The second-order valence-electron chi connectivity index (χ2n) is 5.00. The summed E-state index contributed by atoms with van der Waals surface area (Å²) in [7, 11) is 1.87. The van der Waals surface area contributed by atoms with E-state index in [0.29, 0.717) is 19.7 Å². The van der Waals surface area contributed by atoms with Crippen LogP contribution in [0.4, 0.5) is 0 Å². The largest absolute Gasteiger partial charge is 0.373 e. The van der Waals surface area contributed by atoms with Gasteiger partial charge in [0.15, 0.2) is 0 Å². The maximum absolute atomic E-state index is 12.3. The summed E-state index contributed by atoms with van der Waals surface area (Å²) in [6.45, 7) is 6.46. The summed E-state index contributed by atoms with van der Waals surface area (Å²) in [4.78, 5) is 18.3. The van der Waals surface area contributed by atoms with E-state index in [4.69, 9.17) is 4.74 Å². The Balaban J connectivity index is 2.01. The Labute approximate surface area is 112 Å². The smallest absolute Gasteiger partial charge is 0.293 e. The maximum atomic E-state index is 12.3. The lowest BCUT2D eigenvalue weighted by molar-refractivity contribution is -0.0200. The topological polar surface area (TPSA) is 83.1 Å². The van der Waals surface area contributed by atoms with Crippen molar-refractivity contribution in [1.29, 1.82) is 0 Å². The van der Waals surface area contributed by atoms with Gasteiger partial charge < -0.3 is 15.0 Å². The van der Waals surface area contributed by atoms with Crippen LogP contribution in [0.15, 0.2) is 0 Å². The molecule has 19 heavy (non-hydrogen) atoms. The highest BCUT2D eigenvalue weighted by Gasteiger charge is 2.27. The number of nitrogens with zero attached hydrogens (tertiary/aromatic N) is 3. The Hall–Kier alpha value is -1.47. The molecule has 1 aromatic heterocycles. The molecule has 1 unspecified atom stereocenters. The summed E-state index contributed by atoms with van der Waals surface area (Å²) in [5.74, 6) is 1.08. The molecule has 0 saturated carbocycles. The molecule has 1 aliphatic rings. The van der Waals surface area contributed by atoms with Crippen molar-refractivity contribution >= 4 is 5.91 Å². The van der Waals surface area contributed by atoms with E-state index in [1.807, 2.05) is 20.9 Å². The first-order chi connectivity index (χ1) is 9.11. The van der Waals surface area contributed by atoms with Crippen molar-refractivity contribution in [3.8, 4) is 0 Å². The number of morpholine rings is 1. The molecule has 1 amide bonds. The van der Waals surface area contributed by atoms with Crippen LogP contribution in [-0.2, 0) is 4.74 Å². The second-order valence-corrected chi connectivity index (χ2v) is 5.00. The monoisotopic (exact) mass is 267 g/mol. The summed E-state index contributed by atoms with van der Waals surface area (Å²) in [6.07, 6.45) is 0.0335. The zero-order chi connectivity index (χ0) is 13.8. The predicted molar refractivity (Wildman–Crippen MR) is 70.0 cm³/mol. The van der Waals surface area contributed by atoms with Gasteiger partial charge in [-0.2, -0.15) is 0 Å². The molecule has 0 bridgehead atoms. The van der Waals surface area contributed by atoms with Gasteiger partial charge >= 0.3 is 0 Å². The molecule has 1 atom stereocenters. The van der Waals surface area contributed by atoms with Crippen molar-refractivity contribution < 1.29 is 9.53 Å². The van der Waals surface area contributed by atoms with Crippen LogP contribution < -0.4 is 5.32 Å². The molecule has 0 aromatic carbocycles. The lowest BCUT2D eigenvalue weighted by Gasteiger charge is -2.32. The molecular formula is C12H21N5O2. The van der Waals surface area contributed by atoms with Crippen LogP contribution in [0.2, 0.25) is 0 Å². The standard InChI is InChI=1S/C12H21N5O2/c1-8(2)10-14-11(16-15-10)12(18)17-4-5-19-9(7-17)6-13-3/h8-9,13H,4-7H2,1-3H3,(H,14,15,16). The first-order valence-corrected chi connectivity index (χ1v) is 6.59. The van der Waals surface area contributed by atoms with Gasteiger partial charge in [0.25, 0.3) is 5.91 Å². The van der Waals surface area contributed by atoms with E-state index in [9.17, 15) is 4.79 Å². The minimum absolute atomic E-state index is 0.0335. The first kappa shape index (κ1) is 14.0. The summed E-state index contributed by atoms with van der Waals surface area (Å²) in [5.41, 5.74) is 0. The number of hydrogen-bond donors (Lipinski definition) is 2. The van der Waals surface area contributed by atoms with Crippen LogP contribution in [0.25, 0.3) is 0 Å². The van der Waals surface area contributed by atoms with Crippen molar-refractivity contribution in [3.05, 3.63) is 11.6 Å². The first-order valence-electron chi connectivity index (χ1n) is 6.59. The van der Waals surface area contributed by atoms with Crippen molar-refractivity contribution in [2.24, 2.45) is 0 Å². The van der Waals surface area contributed by atoms with Crippen LogP contribution in [0.3, 0.4) is 0 Å². The molecule has 0 radical (unpaired) electrons. The van der Waals surface area contributed by atoms with E-state index in [-0.39, 0.29) is 23.8 Å². The van der Waals surface area contributed by atoms with E-state index in [0.717, 1.165) is 12.4 Å². The number of rotatable bonds is 4. The van der Waals surface area contributed by atoms with Crippen LogP contribution in [-0.4, -0.2) is 65.4 Å². The Morgan fingerprint density at radius 3 is 3.05 bits per heavy atom. The Kier molecular flexibility index (Phi) is 4.49. The molecule has 2 N–H and O–H groups in total. The van der Waals surface area contributed by atoms with Gasteiger partial charge in [0.2, 0.25) is 5.82 Å². The number of amides is 1. The van der Waals surface area contributed by atoms with Gasteiger partial charge in [0, 0.05) is 25.6 Å². The number of ether oxygens (including phenoxy) is 1. The van der Waals surface area contributed by atoms with Crippen LogP contribution in [0.1, 0.15) is 36.2 Å². The molecule has 0 aliphatic carbocycles. The number of aromatic nitrogens is 3. The highest BCUT2D eigenvalue weighted by Crippen LogP contribution is 2.11. The van der Waals surface area contributed by atoms with Crippen molar-refractivity contribution in [2.75, 3.05) is 33.3 Å². The molecule has 2 rings (SSSR count). The molecular weight excluding hydrogens is 246 g/mol. The number of carbonyl (C=O) groups is 1. The zero-order valence-corrected chi connectivity index (χ0v) is 11.6. The molecule has 1 aliphatic heterocycles. The van der Waals surface area contributed by atoms with E-state index >= 15 is 0 Å². The van der Waals surface area contributed by atoms with Gasteiger partial charge in [0.05, 0.1) is 12.7 Å². The third kappa shape index (κ3) is 3.30. The van der Waals surface area contributed by atoms with Crippen molar-refractivity contribution in [3.63, 3.8) is 0 Å². The fraction of sp³-hybridized carbons (Fsp3) is 0.750. The Morgan fingerprint density at radius 1 is 1.63 bits per heavy atom. The van der Waals surface area contributed by atoms with Crippen molar-refractivity contribution in [2.45, 2.75) is 25.9 Å². The lowest BCUT2D eigenvalue weighted by atomic mass is 10.2. The second kappa shape index (κ2) is 6.12. The molecule has 7 nitrogen and oxygen atoms in total. The molecule has 106 valence electrons. The van der Waals surface area contributed by atoms with Crippen LogP contribution in [0, 0.1) is 0 Å². The Morgan fingerprint density at radius 2 is 2.42 bits per heavy atom. The number of hydrogen-bond acceptors (Lipinski definition) is 5. The highest BCUT2D eigenvalue weighted by molar-refractivity contribution is 5.90. The number of likely N-dealkylation sites (N-methyl/N-ethyl adjacent to an activating group) is 1. The SMILES string of the molecule is CNCC1CN(C(=O)c2n[nH]c(C(C)C)n2)CCO1.